The Morgan fingerprint density at radius 2 is 1.96 bits per heavy atom. The van der Waals surface area contributed by atoms with Crippen molar-refractivity contribution in [1.82, 2.24) is 20.1 Å². The lowest BCUT2D eigenvalue weighted by atomic mass is 10.1. The van der Waals surface area contributed by atoms with E-state index in [1.54, 1.807) is 0 Å². The second-order valence-electron chi connectivity index (χ2n) is 6.16. The van der Waals surface area contributed by atoms with Gasteiger partial charge < -0.3 is 15.1 Å². The van der Waals surface area contributed by atoms with Crippen molar-refractivity contribution < 1.29 is 4.79 Å². The van der Waals surface area contributed by atoms with Crippen LogP contribution in [-0.2, 0) is 6.42 Å². The minimum atomic E-state index is 0.124. The van der Waals surface area contributed by atoms with E-state index in [4.69, 9.17) is 0 Å². The zero-order chi connectivity index (χ0) is 16.2. The lowest BCUT2D eigenvalue weighted by Crippen LogP contribution is -2.47. The summed E-state index contributed by atoms with van der Waals surface area (Å²) in [5.74, 6) is 0.124. The number of piperazine rings is 1. The SMILES string of the molecule is CNCCc1ccc2cc(C(=O)N3CCN(C)CC3)ccc2n1. The highest BCUT2D eigenvalue weighted by atomic mass is 16.2. The van der Waals surface area contributed by atoms with E-state index in [1.807, 2.05) is 36.2 Å². The molecule has 0 aliphatic carbocycles. The maximum Gasteiger partial charge on any atom is 0.253 e. The third kappa shape index (κ3) is 3.68. The fourth-order valence-electron chi connectivity index (χ4n) is 2.89. The first-order valence-corrected chi connectivity index (χ1v) is 8.19. The summed E-state index contributed by atoms with van der Waals surface area (Å²) >= 11 is 0. The summed E-state index contributed by atoms with van der Waals surface area (Å²) in [5, 5.41) is 4.16. The van der Waals surface area contributed by atoms with Gasteiger partial charge in [-0.05, 0) is 38.4 Å². The summed E-state index contributed by atoms with van der Waals surface area (Å²) in [4.78, 5) is 21.5. The maximum atomic E-state index is 12.6. The molecule has 1 amide bonds. The number of carbonyl (C=O) groups is 1. The van der Waals surface area contributed by atoms with Crippen molar-refractivity contribution in [3.8, 4) is 0 Å². The van der Waals surface area contributed by atoms with E-state index in [9.17, 15) is 4.79 Å². The number of fused-ring (bicyclic) bond motifs is 1. The van der Waals surface area contributed by atoms with E-state index in [2.05, 4.69) is 28.3 Å². The molecule has 2 heterocycles. The molecule has 0 bridgehead atoms. The first-order valence-electron chi connectivity index (χ1n) is 8.19. The number of hydrogen-bond acceptors (Lipinski definition) is 4. The second-order valence-corrected chi connectivity index (χ2v) is 6.16. The highest BCUT2D eigenvalue weighted by Crippen LogP contribution is 2.17. The van der Waals surface area contributed by atoms with Crippen molar-refractivity contribution in [3.05, 3.63) is 41.6 Å². The highest BCUT2D eigenvalue weighted by Gasteiger charge is 2.20. The Balaban J connectivity index is 1.78. The summed E-state index contributed by atoms with van der Waals surface area (Å²) in [5.41, 5.74) is 2.78. The van der Waals surface area contributed by atoms with Crippen LogP contribution in [0.25, 0.3) is 10.9 Å². The van der Waals surface area contributed by atoms with E-state index in [-0.39, 0.29) is 5.91 Å². The number of amides is 1. The molecule has 1 fully saturated rings. The van der Waals surface area contributed by atoms with Gasteiger partial charge in [-0.3, -0.25) is 9.78 Å². The van der Waals surface area contributed by atoms with Crippen molar-refractivity contribution in [3.63, 3.8) is 0 Å². The van der Waals surface area contributed by atoms with Gasteiger partial charge in [0, 0.05) is 55.8 Å². The topological polar surface area (TPSA) is 48.5 Å². The Labute approximate surface area is 137 Å². The first-order chi connectivity index (χ1) is 11.2. The first kappa shape index (κ1) is 15.9. The van der Waals surface area contributed by atoms with Gasteiger partial charge in [-0.1, -0.05) is 6.07 Å². The van der Waals surface area contributed by atoms with Gasteiger partial charge >= 0.3 is 0 Å². The quantitative estimate of drug-likeness (QED) is 0.927. The van der Waals surface area contributed by atoms with Crippen LogP contribution in [0.1, 0.15) is 16.1 Å². The number of benzene rings is 1. The Hall–Kier alpha value is -1.98. The fourth-order valence-corrected chi connectivity index (χ4v) is 2.89. The fraction of sp³-hybridized carbons (Fsp3) is 0.444. The van der Waals surface area contributed by atoms with Crippen LogP contribution in [0.3, 0.4) is 0 Å². The Morgan fingerprint density at radius 3 is 2.70 bits per heavy atom. The molecule has 1 aromatic carbocycles. The summed E-state index contributed by atoms with van der Waals surface area (Å²) in [6.45, 7) is 4.40. The summed E-state index contributed by atoms with van der Waals surface area (Å²) in [6, 6.07) is 9.93. The molecular formula is C18H24N4O. The number of nitrogens with zero attached hydrogens (tertiary/aromatic N) is 3. The van der Waals surface area contributed by atoms with Crippen LogP contribution in [0.15, 0.2) is 30.3 Å². The van der Waals surface area contributed by atoms with Crippen molar-refractivity contribution in [1.29, 1.82) is 0 Å². The summed E-state index contributed by atoms with van der Waals surface area (Å²) in [7, 11) is 4.03. The van der Waals surface area contributed by atoms with Crippen molar-refractivity contribution in [2.45, 2.75) is 6.42 Å². The van der Waals surface area contributed by atoms with Gasteiger partial charge in [0.15, 0.2) is 0 Å². The molecule has 5 heteroatoms. The molecule has 3 rings (SSSR count). The summed E-state index contributed by atoms with van der Waals surface area (Å²) < 4.78 is 0. The van der Waals surface area contributed by atoms with Crippen LogP contribution in [-0.4, -0.2) is 67.5 Å². The molecule has 122 valence electrons. The van der Waals surface area contributed by atoms with E-state index in [0.29, 0.717) is 0 Å². The predicted octanol–water partition coefficient (Wildman–Crippen LogP) is 1.38. The molecular weight excluding hydrogens is 288 g/mol. The molecule has 0 radical (unpaired) electrons. The molecule has 2 aromatic rings. The van der Waals surface area contributed by atoms with Gasteiger partial charge in [-0.15, -0.1) is 0 Å². The molecule has 1 aliphatic rings. The highest BCUT2D eigenvalue weighted by molar-refractivity contribution is 5.98. The minimum absolute atomic E-state index is 0.124. The monoisotopic (exact) mass is 312 g/mol. The second kappa shape index (κ2) is 7.06. The molecule has 0 saturated carbocycles. The number of aromatic nitrogens is 1. The van der Waals surface area contributed by atoms with Crippen molar-refractivity contribution in [2.75, 3.05) is 46.8 Å². The average Bonchev–Trinajstić information content (AvgIpc) is 2.59. The molecule has 5 nitrogen and oxygen atoms in total. The zero-order valence-electron chi connectivity index (χ0n) is 13.9. The predicted molar refractivity (Wildman–Crippen MR) is 92.8 cm³/mol. The van der Waals surface area contributed by atoms with E-state index in [0.717, 1.165) is 61.3 Å². The number of nitrogens with one attached hydrogen (secondary N) is 1. The molecule has 1 aliphatic heterocycles. The van der Waals surface area contributed by atoms with E-state index >= 15 is 0 Å². The molecule has 1 saturated heterocycles. The number of likely N-dealkylation sites (N-methyl/N-ethyl adjacent to an activating group) is 2. The molecule has 0 spiro atoms. The van der Waals surface area contributed by atoms with Crippen LogP contribution in [0.4, 0.5) is 0 Å². The van der Waals surface area contributed by atoms with Crippen molar-refractivity contribution >= 4 is 16.8 Å². The number of hydrogen-bond donors (Lipinski definition) is 1. The van der Waals surface area contributed by atoms with E-state index in [1.165, 1.54) is 0 Å². The van der Waals surface area contributed by atoms with Gasteiger partial charge in [0.2, 0.25) is 0 Å². The van der Waals surface area contributed by atoms with Gasteiger partial charge in [-0.25, -0.2) is 0 Å². The number of rotatable bonds is 4. The Morgan fingerprint density at radius 1 is 1.17 bits per heavy atom. The summed E-state index contributed by atoms with van der Waals surface area (Å²) in [6.07, 6.45) is 0.911. The van der Waals surface area contributed by atoms with Gasteiger partial charge in [0.1, 0.15) is 0 Å². The number of pyridine rings is 1. The molecule has 1 aromatic heterocycles. The van der Waals surface area contributed by atoms with Crippen LogP contribution in [0, 0.1) is 0 Å². The average molecular weight is 312 g/mol. The molecule has 0 atom stereocenters. The van der Waals surface area contributed by atoms with Crippen LogP contribution in [0.5, 0.6) is 0 Å². The lowest BCUT2D eigenvalue weighted by molar-refractivity contribution is 0.0664. The third-order valence-electron chi connectivity index (χ3n) is 4.42. The van der Waals surface area contributed by atoms with Crippen LogP contribution < -0.4 is 5.32 Å². The lowest BCUT2D eigenvalue weighted by Gasteiger charge is -2.32. The smallest absolute Gasteiger partial charge is 0.253 e. The molecule has 0 unspecified atom stereocenters. The molecule has 1 N–H and O–H groups in total. The van der Waals surface area contributed by atoms with Gasteiger partial charge in [-0.2, -0.15) is 0 Å². The minimum Gasteiger partial charge on any atom is -0.336 e. The standard InChI is InChI=1S/C18H24N4O/c1-19-8-7-16-5-3-14-13-15(4-6-17(14)20-16)18(23)22-11-9-21(2)10-12-22/h3-6,13,19H,7-12H2,1-2H3. The zero-order valence-corrected chi connectivity index (χ0v) is 13.9. The molecule has 23 heavy (non-hydrogen) atoms. The Kier molecular flexibility index (Phi) is 4.88. The van der Waals surface area contributed by atoms with Crippen molar-refractivity contribution in [2.24, 2.45) is 0 Å². The van der Waals surface area contributed by atoms with Gasteiger partial charge in [0.25, 0.3) is 5.91 Å². The maximum absolute atomic E-state index is 12.6. The normalized spacial score (nSPS) is 16.0. The van der Waals surface area contributed by atoms with E-state index < -0.39 is 0 Å². The number of carbonyl (C=O) groups excluding carboxylic acids is 1. The Bertz CT molecular complexity index is 692. The van der Waals surface area contributed by atoms with Crippen LogP contribution >= 0.6 is 0 Å². The largest absolute Gasteiger partial charge is 0.336 e. The van der Waals surface area contributed by atoms with Gasteiger partial charge in [0.05, 0.1) is 5.52 Å². The third-order valence-corrected chi connectivity index (χ3v) is 4.42. The van der Waals surface area contributed by atoms with Crippen LogP contribution in [0.2, 0.25) is 0 Å².